The zero-order chi connectivity index (χ0) is 39.6. The zero-order valence-corrected chi connectivity index (χ0v) is 34.5. The number of aromatic nitrogens is 4. The van der Waals surface area contributed by atoms with Crippen LogP contribution in [0.2, 0.25) is 0 Å². The molecule has 296 valence electrons. The fourth-order valence-corrected chi connectivity index (χ4v) is 8.87. The quantitative estimate of drug-likeness (QED) is 0.105. The van der Waals surface area contributed by atoms with Gasteiger partial charge < -0.3 is 19.4 Å². The van der Waals surface area contributed by atoms with Gasteiger partial charge in [-0.05, 0) is 82.2 Å². The summed E-state index contributed by atoms with van der Waals surface area (Å²) in [6.07, 6.45) is 6.81. The van der Waals surface area contributed by atoms with Crippen LogP contribution in [-0.2, 0) is 14.3 Å². The third-order valence-corrected chi connectivity index (χ3v) is 12.1. The number of nitrogens with zero attached hydrogens (tertiary/aromatic N) is 3. The Kier molecular flexibility index (Phi) is 12.6. The Bertz CT molecular complexity index is 2040. The fraction of sp³-hybridized carbons (Fsp3) is 0.578. The highest BCUT2D eigenvalue weighted by Gasteiger charge is 2.41. The number of carbonyl (C=O) groups is 3. The van der Waals surface area contributed by atoms with Crippen LogP contribution in [0.5, 0.6) is 0 Å². The van der Waals surface area contributed by atoms with Crippen LogP contribution in [0, 0.1) is 6.92 Å². The highest BCUT2D eigenvalue weighted by Crippen LogP contribution is 2.46. The van der Waals surface area contributed by atoms with Gasteiger partial charge in [-0.2, -0.15) is 0 Å². The minimum absolute atomic E-state index is 0.139. The molecule has 2 aromatic heterocycles. The SMILES string of the molecule is CCCCCCN1C(=O)c2c3nc(cc4nc(cc5[nH]c(cc6[nH]c2c(c6C)C1=O)[C@H](CC)[C@H]5C)C(C(C)OCCC)=C4C)[C@@H](C)[C@@H]3CCC(=O)OCCC. The summed E-state index contributed by atoms with van der Waals surface area (Å²) < 4.78 is 11.8. The highest BCUT2D eigenvalue weighted by molar-refractivity contribution is 6.23. The fourth-order valence-electron chi connectivity index (χ4n) is 8.87. The van der Waals surface area contributed by atoms with Gasteiger partial charge in [-0.3, -0.25) is 24.3 Å². The van der Waals surface area contributed by atoms with Gasteiger partial charge in [0.2, 0.25) is 0 Å². The number of amides is 2. The van der Waals surface area contributed by atoms with Crippen molar-refractivity contribution in [2.45, 2.75) is 150 Å². The molecule has 1 unspecified atom stereocenters. The van der Waals surface area contributed by atoms with Crippen molar-refractivity contribution in [2.75, 3.05) is 19.8 Å². The molecule has 0 saturated heterocycles. The lowest BCUT2D eigenvalue weighted by Crippen LogP contribution is -2.41. The molecule has 2 aromatic rings. The lowest BCUT2D eigenvalue weighted by Gasteiger charge is -2.27. The van der Waals surface area contributed by atoms with E-state index in [1.165, 1.54) is 4.90 Å². The van der Waals surface area contributed by atoms with Crippen LogP contribution in [0.4, 0.5) is 0 Å². The molecule has 0 aromatic carbocycles. The maximum Gasteiger partial charge on any atom is 0.305 e. The number of hydrogen-bond acceptors (Lipinski definition) is 7. The molecule has 0 radical (unpaired) electrons. The number of hydrogen-bond donors (Lipinski definition) is 2. The van der Waals surface area contributed by atoms with Crippen LogP contribution in [0.25, 0.3) is 22.2 Å². The van der Waals surface area contributed by atoms with Crippen LogP contribution >= 0.6 is 0 Å². The molecule has 10 nitrogen and oxygen atoms in total. The first-order chi connectivity index (χ1) is 26.4. The van der Waals surface area contributed by atoms with E-state index in [-0.39, 0.29) is 54.0 Å². The third kappa shape index (κ3) is 7.76. The van der Waals surface area contributed by atoms with E-state index in [0.717, 1.165) is 95.6 Å². The second kappa shape index (κ2) is 17.2. The lowest BCUT2D eigenvalue weighted by molar-refractivity contribution is -0.143. The van der Waals surface area contributed by atoms with Crippen molar-refractivity contribution in [3.63, 3.8) is 0 Å². The van der Waals surface area contributed by atoms with Crippen molar-refractivity contribution in [1.29, 1.82) is 0 Å². The summed E-state index contributed by atoms with van der Waals surface area (Å²) >= 11 is 0. The number of rotatable bonds is 15. The van der Waals surface area contributed by atoms with Gasteiger partial charge in [0, 0.05) is 71.4 Å². The summed E-state index contributed by atoms with van der Waals surface area (Å²) in [7, 11) is 0. The highest BCUT2D eigenvalue weighted by atomic mass is 16.5. The van der Waals surface area contributed by atoms with Crippen molar-refractivity contribution in [2.24, 2.45) is 0 Å². The van der Waals surface area contributed by atoms with E-state index in [9.17, 15) is 14.4 Å². The molecular weight excluding hydrogens is 691 g/mol. The Labute approximate surface area is 326 Å². The van der Waals surface area contributed by atoms with Gasteiger partial charge in [-0.15, -0.1) is 0 Å². The number of nitrogens with one attached hydrogen (secondary N) is 2. The average molecular weight is 752 g/mol. The predicted molar refractivity (Wildman–Crippen MR) is 218 cm³/mol. The summed E-state index contributed by atoms with van der Waals surface area (Å²) in [5, 5.41) is 0. The van der Waals surface area contributed by atoms with Gasteiger partial charge in [-0.1, -0.05) is 60.8 Å². The molecule has 0 spiro atoms. The number of ether oxygens (including phenoxy) is 2. The maximum absolute atomic E-state index is 14.8. The zero-order valence-electron chi connectivity index (χ0n) is 34.5. The number of aromatic amines is 2. The van der Waals surface area contributed by atoms with Crippen molar-refractivity contribution < 1.29 is 23.9 Å². The molecule has 0 saturated carbocycles. The Morgan fingerprint density at radius 1 is 0.836 bits per heavy atom. The first-order valence-electron chi connectivity index (χ1n) is 20.9. The number of fused-ring (bicyclic) bond motifs is 8. The van der Waals surface area contributed by atoms with E-state index in [4.69, 9.17) is 19.4 Å². The van der Waals surface area contributed by atoms with Crippen molar-refractivity contribution in [3.05, 3.63) is 69.1 Å². The molecule has 6 rings (SSSR count). The van der Waals surface area contributed by atoms with Crippen LogP contribution < -0.4 is 0 Å². The van der Waals surface area contributed by atoms with Crippen LogP contribution in [0.15, 0.2) is 18.2 Å². The maximum atomic E-state index is 14.8. The van der Waals surface area contributed by atoms with Gasteiger partial charge in [0.05, 0.1) is 46.4 Å². The Morgan fingerprint density at radius 3 is 2.29 bits per heavy atom. The molecule has 2 N–H and O–H groups in total. The first-order valence-corrected chi connectivity index (χ1v) is 20.9. The molecule has 10 heteroatoms. The smallest absolute Gasteiger partial charge is 0.305 e. The summed E-state index contributed by atoms with van der Waals surface area (Å²) in [5.74, 6) is -0.860. The number of unbranched alkanes of at least 4 members (excludes halogenated alkanes) is 3. The largest absolute Gasteiger partial charge is 0.466 e. The molecule has 5 atom stereocenters. The molecule has 6 heterocycles. The molecular formula is C45H61N5O5. The average Bonchev–Trinajstić information content (AvgIpc) is 3.85. The third-order valence-electron chi connectivity index (χ3n) is 12.1. The predicted octanol–water partition coefficient (Wildman–Crippen LogP) is 10.2. The summed E-state index contributed by atoms with van der Waals surface area (Å²) in [6.45, 7) is 20.3. The van der Waals surface area contributed by atoms with Gasteiger partial charge in [0.25, 0.3) is 11.8 Å². The molecule has 0 aliphatic carbocycles. The number of esters is 1. The molecule has 4 aliphatic rings. The normalized spacial score (nSPS) is 20.6. The van der Waals surface area contributed by atoms with Gasteiger partial charge in [-0.25, -0.2) is 4.98 Å². The lowest BCUT2D eigenvalue weighted by atomic mass is 9.84. The van der Waals surface area contributed by atoms with E-state index < -0.39 is 0 Å². The van der Waals surface area contributed by atoms with E-state index in [0.29, 0.717) is 48.5 Å². The van der Waals surface area contributed by atoms with Gasteiger partial charge in [0.15, 0.2) is 0 Å². The van der Waals surface area contributed by atoms with E-state index in [1.54, 1.807) is 0 Å². The molecule has 2 amide bonds. The number of carbonyl (C=O) groups excluding carboxylic acids is 3. The Hall–Kier alpha value is -4.31. The first kappa shape index (κ1) is 40.4. The summed E-state index contributed by atoms with van der Waals surface area (Å²) in [4.78, 5) is 61.5. The minimum Gasteiger partial charge on any atom is -0.466 e. The number of allylic oxidation sites excluding steroid dienone is 1. The molecule has 0 fully saturated rings. The monoisotopic (exact) mass is 751 g/mol. The van der Waals surface area contributed by atoms with Crippen LogP contribution in [-0.4, -0.2) is 68.5 Å². The van der Waals surface area contributed by atoms with Crippen LogP contribution in [0.3, 0.4) is 0 Å². The number of imide groups is 1. The van der Waals surface area contributed by atoms with E-state index in [2.05, 4.69) is 76.6 Å². The van der Waals surface area contributed by atoms with E-state index >= 15 is 0 Å². The van der Waals surface area contributed by atoms with Crippen molar-refractivity contribution >= 4 is 40.0 Å². The standard InChI is InChI=1S/C45H61N5O5/c1-10-14-15-16-19-50-44(52)40-28(8)35-23-36-30(13-4)25(5)32(46-36)24-37-39(29(9)54-20-11-2)27(7)34(47-37)22-33-26(6)31(17-18-38(51)55-21-12-3)42(48-33)41(45(50)53)43(40)49-35/h22-26,29-31,46,49H,10-21H2,1-9H3/t25-,26+,29?,30-,31+/m1/s1. The van der Waals surface area contributed by atoms with Gasteiger partial charge >= 0.3 is 5.97 Å². The number of aryl methyl sites for hydroxylation is 1. The van der Waals surface area contributed by atoms with E-state index in [1.807, 2.05) is 13.8 Å². The Balaban J connectivity index is 1.67. The molecule has 4 aliphatic heterocycles. The van der Waals surface area contributed by atoms with Crippen molar-refractivity contribution in [3.8, 4) is 0 Å². The number of H-pyrrole nitrogens is 2. The second-order valence-electron chi connectivity index (χ2n) is 15.9. The topological polar surface area (TPSA) is 130 Å². The van der Waals surface area contributed by atoms with Crippen molar-refractivity contribution in [1.82, 2.24) is 24.8 Å². The summed E-state index contributed by atoms with van der Waals surface area (Å²) in [5.41, 5.74) is 10.4. The van der Waals surface area contributed by atoms with Gasteiger partial charge in [0.1, 0.15) is 0 Å². The summed E-state index contributed by atoms with van der Waals surface area (Å²) in [6, 6.07) is 6.37. The Morgan fingerprint density at radius 2 is 1.58 bits per heavy atom. The second-order valence-corrected chi connectivity index (χ2v) is 15.9. The molecule has 8 bridgehead atoms. The molecule has 55 heavy (non-hydrogen) atoms. The van der Waals surface area contributed by atoms with Crippen LogP contribution in [0.1, 0.15) is 197 Å². The minimum atomic E-state index is -0.334.